The number of nitrogens with zero attached hydrogens (tertiary/aromatic N) is 2. The molecule has 0 unspecified atom stereocenters. The summed E-state index contributed by atoms with van der Waals surface area (Å²) in [7, 11) is 0. The summed E-state index contributed by atoms with van der Waals surface area (Å²) in [4.78, 5) is 4.37. The average Bonchev–Trinajstić information content (AvgIpc) is 2.94. The van der Waals surface area contributed by atoms with E-state index in [-0.39, 0.29) is 6.61 Å². The lowest BCUT2D eigenvalue weighted by atomic mass is 10.1. The Kier molecular flexibility index (Phi) is 4.42. The molecule has 0 saturated heterocycles. The molecule has 1 saturated carbocycles. The van der Waals surface area contributed by atoms with E-state index < -0.39 is 13.0 Å². The first-order valence-electron chi connectivity index (χ1n) is 6.03. The van der Waals surface area contributed by atoms with Gasteiger partial charge < -0.3 is 4.74 Å². The van der Waals surface area contributed by atoms with Crippen molar-refractivity contribution in [3.63, 3.8) is 0 Å². The largest absolute Gasteiger partial charge is 0.375 e. The van der Waals surface area contributed by atoms with E-state index in [0.29, 0.717) is 12.3 Å². The van der Waals surface area contributed by atoms with Gasteiger partial charge in [-0.2, -0.15) is 5.10 Å². The summed E-state index contributed by atoms with van der Waals surface area (Å²) in [6, 6.07) is 0. The third-order valence-electron chi connectivity index (χ3n) is 3.00. The maximum atomic E-state index is 11.8. The van der Waals surface area contributed by atoms with Gasteiger partial charge in [0.05, 0.1) is 6.61 Å². The minimum Gasteiger partial charge on any atom is -0.375 e. The van der Waals surface area contributed by atoms with E-state index in [0.717, 1.165) is 24.5 Å². The van der Waals surface area contributed by atoms with Crippen molar-refractivity contribution in [2.45, 2.75) is 44.4 Å². The number of hydrogen-bond acceptors (Lipinski definition) is 3. The first kappa shape index (κ1) is 12.4. The summed E-state index contributed by atoms with van der Waals surface area (Å²) in [5.41, 5.74) is 0. The molecule has 1 aliphatic rings. The first-order chi connectivity index (χ1) is 8.25. The Labute approximate surface area is 98.8 Å². The second-order valence-corrected chi connectivity index (χ2v) is 4.34. The summed E-state index contributed by atoms with van der Waals surface area (Å²) >= 11 is 0. The van der Waals surface area contributed by atoms with Crippen molar-refractivity contribution in [3.8, 4) is 0 Å². The first-order valence-corrected chi connectivity index (χ1v) is 6.03. The molecule has 96 valence electrons. The fraction of sp³-hybridized carbons (Fsp3) is 0.818. The maximum absolute atomic E-state index is 11.8. The Morgan fingerprint density at radius 2 is 2.12 bits per heavy atom. The van der Waals surface area contributed by atoms with Crippen LogP contribution >= 0.6 is 0 Å². The van der Waals surface area contributed by atoms with Crippen molar-refractivity contribution in [1.82, 2.24) is 15.2 Å². The summed E-state index contributed by atoms with van der Waals surface area (Å²) in [6.45, 7) is -0.257. The van der Waals surface area contributed by atoms with Crippen molar-refractivity contribution in [1.29, 1.82) is 0 Å². The second-order valence-electron chi connectivity index (χ2n) is 4.34. The monoisotopic (exact) mass is 245 g/mol. The van der Waals surface area contributed by atoms with Gasteiger partial charge in [0.1, 0.15) is 12.4 Å². The molecule has 0 atom stereocenters. The Hall–Kier alpha value is -1.04. The summed E-state index contributed by atoms with van der Waals surface area (Å²) in [5.74, 6) is 2.06. The summed E-state index contributed by atoms with van der Waals surface area (Å²) < 4.78 is 28.4. The van der Waals surface area contributed by atoms with E-state index in [9.17, 15) is 8.78 Å². The van der Waals surface area contributed by atoms with E-state index in [1.54, 1.807) is 0 Å². The number of hydrogen-bond donors (Lipinski definition) is 1. The third kappa shape index (κ3) is 3.73. The molecule has 1 heterocycles. The molecular weight excluding hydrogens is 228 g/mol. The fourth-order valence-corrected chi connectivity index (χ4v) is 2.13. The number of rotatable bonds is 6. The molecule has 6 heteroatoms. The molecule has 1 aromatic heterocycles. The van der Waals surface area contributed by atoms with Crippen LogP contribution in [0, 0.1) is 0 Å². The highest BCUT2D eigenvalue weighted by atomic mass is 19.3. The number of halogens is 2. The van der Waals surface area contributed by atoms with Crippen LogP contribution in [0.15, 0.2) is 0 Å². The van der Waals surface area contributed by atoms with Gasteiger partial charge in [0.15, 0.2) is 5.82 Å². The lowest BCUT2D eigenvalue weighted by molar-refractivity contribution is 0.0183. The number of alkyl halides is 2. The quantitative estimate of drug-likeness (QED) is 0.782. The van der Waals surface area contributed by atoms with Gasteiger partial charge >= 0.3 is 0 Å². The Balaban J connectivity index is 1.74. The molecule has 17 heavy (non-hydrogen) atoms. The Morgan fingerprint density at radius 1 is 1.35 bits per heavy atom. The van der Waals surface area contributed by atoms with Gasteiger partial charge in [0.25, 0.3) is 6.43 Å². The van der Waals surface area contributed by atoms with E-state index in [1.807, 2.05) is 0 Å². The van der Waals surface area contributed by atoms with Gasteiger partial charge in [0, 0.05) is 12.3 Å². The Morgan fingerprint density at radius 3 is 2.82 bits per heavy atom. The number of nitrogens with one attached hydrogen (secondary N) is 1. The molecule has 1 N–H and O–H groups in total. The summed E-state index contributed by atoms with van der Waals surface area (Å²) in [5, 5.41) is 7.01. The Bertz CT molecular complexity index is 337. The summed E-state index contributed by atoms with van der Waals surface area (Å²) in [6.07, 6.45) is 2.89. The standard InChI is InChI=1S/C11H17F2N3O/c12-9(13)7-17-6-5-10-14-11(16-15-10)8-3-1-2-4-8/h8-9H,1-7H2,(H,14,15,16). The normalized spacial score (nSPS) is 17.1. The number of H-pyrrole nitrogens is 1. The lowest BCUT2D eigenvalue weighted by Gasteiger charge is -2.01. The van der Waals surface area contributed by atoms with Gasteiger partial charge in [0.2, 0.25) is 0 Å². The SMILES string of the molecule is FC(F)COCCc1nc(C2CCCC2)n[nH]1. The van der Waals surface area contributed by atoms with E-state index in [4.69, 9.17) is 4.74 Å². The van der Waals surface area contributed by atoms with Crippen LogP contribution in [0.2, 0.25) is 0 Å². The molecule has 0 amide bonds. The number of aromatic amines is 1. The van der Waals surface area contributed by atoms with Crippen molar-refractivity contribution < 1.29 is 13.5 Å². The smallest absolute Gasteiger partial charge is 0.261 e. The molecular formula is C11H17F2N3O. The molecule has 1 fully saturated rings. The van der Waals surface area contributed by atoms with Crippen LogP contribution < -0.4 is 0 Å². The van der Waals surface area contributed by atoms with Crippen molar-refractivity contribution in [2.75, 3.05) is 13.2 Å². The number of aromatic nitrogens is 3. The molecule has 0 radical (unpaired) electrons. The molecule has 4 nitrogen and oxygen atoms in total. The topological polar surface area (TPSA) is 50.8 Å². The fourth-order valence-electron chi connectivity index (χ4n) is 2.13. The maximum Gasteiger partial charge on any atom is 0.261 e. The van der Waals surface area contributed by atoms with E-state index >= 15 is 0 Å². The molecule has 2 rings (SSSR count). The van der Waals surface area contributed by atoms with Crippen molar-refractivity contribution in [3.05, 3.63) is 11.6 Å². The minimum absolute atomic E-state index is 0.254. The average molecular weight is 245 g/mol. The predicted molar refractivity (Wildman–Crippen MR) is 58.1 cm³/mol. The van der Waals surface area contributed by atoms with Crippen LogP contribution in [0.5, 0.6) is 0 Å². The van der Waals surface area contributed by atoms with Crippen LogP contribution in [0.25, 0.3) is 0 Å². The van der Waals surface area contributed by atoms with Crippen LogP contribution in [0.1, 0.15) is 43.3 Å². The zero-order valence-corrected chi connectivity index (χ0v) is 9.66. The molecule has 0 aromatic carbocycles. The van der Waals surface area contributed by atoms with Gasteiger partial charge in [-0.15, -0.1) is 0 Å². The van der Waals surface area contributed by atoms with Gasteiger partial charge in [-0.05, 0) is 12.8 Å². The van der Waals surface area contributed by atoms with E-state index in [2.05, 4.69) is 15.2 Å². The van der Waals surface area contributed by atoms with Gasteiger partial charge in [-0.25, -0.2) is 13.8 Å². The molecule has 1 aromatic rings. The molecule has 0 bridgehead atoms. The minimum atomic E-state index is -2.40. The van der Waals surface area contributed by atoms with Crippen LogP contribution in [0.4, 0.5) is 8.78 Å². The van der Waals surface area contributed by atoms with E-state index in [1.165, 1.54) is 12.8 Å². The van der Waals surface area contributed by atoms with Crippen LogP contribution in [0.3, 0.4) is 0 Å². The van der Waals surface area contributed by atoms with Gasteiger partial charge in [-0.3, -0.25) is 5.10 Å². The molecule has 0 aliphatic heterocycles. The second kappa shape index (κ2) is 6.05. The van der Waals surface area contributed by atoms with Crippen molar-refractivity contribution in [2.24, 2.45) is 0 Å². The zero-order chi connectivity index (χ0) is 12.1. The van der Waals surface area contributed by atoms with Crippen molar-refractivity contribution >= 4 is 0 Å². The molecule has 0 spiro atoms. The predicted octanol–water partition coefficient (Wildman–Crippen LogP) is 2.29. The highest BCUT2D eigenvalue weighted by molar-refractivity contribution is 5.00. The lowest BCUT2D eigenvalue weighted by Crippen LogP contribution is -2.07. The van der Waals surface area contributed by atoms with Crippen LogP contribution in [-0.4, -0.2) is 34.8 Å². The number of ether oxygens (including phenoxy) is 1. The van der Waals surface area contributed by atoms with Crippen LogP contribution in [-0.2, 0) is 11.2 Å². The van der Waals surface area contributed by atoms with Gasteiger partial charge in [-0.1, -0.05) is 12.8 Å². The highest BCUT2D eigenvalue weighted by Crippen LogP contribution is 2.31. The third-order valence-corrected chi connectivity index (χ3v) is 3.00. The highest BCUT2D eigenvalue weighted by Gasteiger charge is 2.20. The molecule has 1 aliphatic carbocycles. The zero-order valence-electron chi connectivity index (χ0n) is 9.66.